The van der Waals surface area contributed by atoms with Crippen molar-refractivity contribution in [2.24, 2.45) is 11.8 Å². The first-order chi connectivity index (χ1) is 7.04. The molecule has 3 nitrogen and oxygen atoms in total. The zero-order valence-corrected chi connectivity index (χ0v) is 11.6. The van der Waals surface area contributed by atoms with Gasteiger partial charge in [-0.1, -0.05) is 20.8 Å². The van der Waals surface area contributed by atoms with Crippen molar-refractivity contribution in [3.05, 3.63) is 0 Å². The summed E-state index contributed by atoms with van der Waals surface area (Å²) in [6, 6.07) is 0.444. The molecule has 0 radical (unpaired) electrons. The average molecular weight is 249 g/mol. The van der Waals surface area contributed by atoms with E-state index in [1.165, 1.54) is 0 Å². The van der Waals surface area contributed by atoms with Gasteiger partial charge in [0.15, 0.2) is 0 Å². The number of piperidine rings is 1. The first-order valence-electron chi connectivity index (χ1n) is 6.01. The van der Waals surface area contributed by atoms with E-state index in [2.05, 4.69) is 19.2 Å². The minimum absolute atomic E-state index is 0. The Morgan fingerprint density at radius 1 is 1.25 bits per heavy atom. The Kier molecular flexibility index (Phi) is 7.00. The molecule has 1 fully saturated rings. The molecule has 96 valence electrons. The predicted molar refractivity (Wildman–Crippen MR) is 69.9 cm³/mol. The molecule has 1 saturated heterocycles. The topological polar surface area (TPSA) is 32.3 Å². The van der Waals surface area contributed by atoms with Crippen LogP contribution in [0.25, 0.3) is 0 Å². The van der Waals surface area contributed by atoms with E-state index in [1.807, 2.05) is 18.9 Å². The summed E-state index contributed by atoms with van der Waals surface area (Å²) in [5, 5.41) is 3.32. The first kappa shape index (κ1) is 15.7. The van der Waals surface area contributed by atoms with Crippen molar-refractivity contribution < 1.29 is 4.79 Å². The molecule has 1 unspecified atom stereocenters. The molecule has 0 aromatic heterocycles. The fraction of sp³-hybridized carbons (Fsp3) is 0.917. The molecule has 0 spiro atoms. The van der Waals surface area contributed by atoms with E-state index >= 15 is 0 Å². The van der Waals surface area contributed by atoms with Crippen molar-refractivity contribution in [3.8, 4) is 0 Å². The molecule has 0 bridgehead atoms. The third kappa shape index (κ3) is 3.95. The van der Waals surface area contributed by atoms with Crippen LogP contribution in [0.15, 0.2) is 0 Å². The number of carbonyl (C=O) groups is 1. The summed E-state index contributed by atoms with van der Waals surface area (Å²) in [5.41, 5.74) is 0. The van der Waals surface area contributed by atoms with E-state index < -0.39 is 0 Å². The molecule has 0 aliphatic carbocycles. The van der Waals surface area contributed by atoms with Gasteiger partial charge in [-0.05, 0) is 31.8 Å². The number of hydrogen-bond acceptors (Lipinski definition) is 2. The van der Waals surface area contributed by atoms with E-state index in [1.54, 1.807) is 0 Å². The van der Waals surface area contributed by atoms with Gasteiger partial charge in [0.25, 0.3) is 0 Å². The first-order valence-corrected chi connectivity index (χ1v) is 6.01. The molecular formula is C12H25ClN2O. The van der Waals surface area contributed by atoms with Crippen LogP contribution in [0.1, 0.15) is 33.6 Å². The lowest BCUT2D eigenvalue weighted by molar-refractivity contribution is -0.137. The SMILES string of the molecule is CC(C)C(C)C(=O)N(C)C1CCNCC1.Cl. The second-order valence-electron chi connectivity index (χ2n) is 4.96. The highest BCUT2D eigenvalue weighted by Crippen LogP contribution is 2.17. The van der Waals surface area contributed by atoms with Crippen molar-refractivity contribution in [1.29, 1.82) is 0 Å². The van der Waals surface area contributed by atoms with Gasteiger partial charge in [0.05, 0.1) is 0 Å². The molecule has 0 aromatic carbocycles. The summed E-state index contributed by atoms with van der Waals surface area (Å²) in [5.74, 6) is 0.878. The molecule has 1 aliphatic heterocycles. The summed E-state index contributed by atoms with van der Waals surface area (Å²) in [6.45, 7) is 8.33. The van der Waals surface area contributed by atoms with Gasteiger partial charge >= 0.3 is 0 Å². The highest BCUT2D eigenvalue weighted by atomic mass is 35.5. The van der Waals surface area contributed by atoms with Crippen LogP contribution in [0, 0.1) is 11.8 Å². The Hall–Kier alpha value is -0.280. The summed E-state index contributed by atoms with van der Waals surface area (Å²) < 4.78 is 0. The van der Waals surface area contributed by atoms with Gasteiger partial charge in [0.2, 0.25) is 5.91 Å². The summed E-state index contributed by atoms with van der Waals surface area (Å²) >= 11 is 0. The second-order valence-corrected chi connectivity index (χ2v) is 4.96. The van der Waals surface area contributed by atoms with Gasteiger partial charge in [0.1, 0.15) is 0 Å². The van der Waals surface area contributed by atoms with Gasteiger partial charge < -0.3 is 10.2 Å². The summed E-state index contributed by atoms with van der Waals surface area (Å²) in [4.78, 5) is 14.1. The van der Waals surface area contributed by atoms with Gasteiger partial charge in [-0.25, -0.2) is 0 Å². The van der Waals surface area contributed by atoms with Crippen molar-refractivity contribution in [3.63, 3.8) is 0 Å². The fourth-order valence-corrected chi connectivity index (χ4v) is 1.98. The zero-order valence-electron chi connectivity index (χ0n) is 10.8. The number of hydrogen-bond donors (Lipinski definition) is 1. The van der Waals surface area contributed by atoms with Crippen molar-refractivity contribution >= 4 is 18.3 Å². The van der Waals surface area contributed by atoms with Crippen LogP contribution < -0.4 is 5.32 Å². The Labute approximate surface area is 105 Å². The van der Waals surface area contributed by atoms with Crippen LogP contribution in [0.3, 0.4) is 0 Å². The molecule has 1 rings (SSSR count). The molecule has 1 amide bonds. The van der Waals surface area contributed by atoms with Crippen molar-refractivity contribution in [2.75, 3.05) is 20.1 Å². The molecule has 1 heterocycles. The normalized spacial score (nSPS) is 19.1. The fourth-order valence-electron chi connectivity index (χ4n) is 1.98. The number of rotatable bonds is 3. The number of amides is 1. The molecule has 1 N–H and O–H groups in total. The number of nitrogens with zero attached hydrogens (tertiary/aromatic N) is 1. The highest BCUT2D eigenvalue weighted by molar-refractivity contribution is 5.85. The van der Waals surface area contributed by atoms with Gasteiger partial charge in [-0.15, -0.1) is 12.4 Å². The largest absolute Gasteiger partial charge is 0.342 e. The van der Waals surface area contributed by atoms with Crippen LogP contribution in [-0.2, 0) is 4.79 Å². The van der Waals surface area contributed by atoms with Crippen LogP contribution in [0.5, 0.6) is 0 Å². The smallest absolute Gasteiger partial charge is 0.225 e. The summed E-state index contributed by atoms with van der Waals surface area (Å²) in [6.07, 6.45) is 2.18. The Balaban J connectivity index is 0.00000225. The molecule has 0 aromatic rings. The lowest BCUT2D eigenvalue weighted by atomic mass is 9.95. The Bertz CT molecular complexity index is 215. The quantitative estimate of drug-likeness (QED) is 0.828. The molecular weight excluding hydrogens is 224 g/mol. The van der Waals surface area contributed by atoms with E-state index in [4.69, 9.17) is 0 Å². The molecule has 4 heteroatoms. The van der Waals surface area contributed by atoms with Crippen LogP contribution in [0.4, 0.5) is 0 Å². The predicted octanol–water partition coefficient (Wildman–Crippen LogP) is 1.91. The van der Waals surface area contributed by atoms with E-state index in [0.717, 1.165) is 25.9 Å². The number of carbonyl (C=O) groups excluding carboxylic acids is 1. The Morgan fingerprint density at radius 2 is 1.75 bits per heavy atom. The van der Waals surface area contributed by atoms with Gasteiger partial charge in [-0.3, -0.25) is 4.79 Å². The van der Waals surface area contributed by atoms with Crippen molar-refractivity contribution in [2.45, 2.75) is 39.7 Å². The van der Waals surface area contributed by atoms with Crippen LogP contribution >= 0.6 is 12.4 Å². The monoisotopic (exact) mass is 248 g/mol. The molecule has 1 atom stereocenters. The summed E-state index contributed by atoms with van der Waals surface area (Å²) in [7, 11) is 1.96. The lowest BCUT2D eigenvalue weighted by Gasteiger charge is -2.34. The maximum Gasteiger partial charge on any atom is 0.225 e. The highest BCUT2D eigenvalue weighted by Gasteiger charge is 2.26. The second kappa shape index (κ2) is 7.13. The van der Waals surface area contributed by atoms with Crippen molar-refractivity contribution in [1.82, 2.24) is 10.2 Å². The minimum atomic E-state index is 0. The minimum Gasteiger partial charge on any atom is -0.342 e. The lowest BCUT2D eigenvalue weighted by Crippen LogP contribution is -2.46. The Morgan fingerprint density at radius 3 is 2.19 bits per heavy atom. The standard InChI is InChI=1S/C12H24N2O.ClH/c1-9(2)10(3)12(15)14(4)11-5-7-13-8-6-11;/h9-11,13H,5-8H2,1-4H3;1H. The van der Waals surface area contributed by atoms with Crippen LogP contribution in [0.2, 0.25) is 0 Å². The molecule has 0 saturated carbocycles. The number of halogens is 1. The van der Waals surface area contributed by atoms with Gasteiger partial charge in [-0.2, -0.15) is 0 Å². The van der Waals surface area contributed by atoms with E-state index in [0.29, 0.717) is 17.9 Å². The molecule has 1 aliphatic rings. The maximum absolute atomic E-state index is 12.1. The molecule has 16 heavy (non-hydrogen) atoms. The van der Waals surface area contributed by atoms with Crippen LogP contribution in [-0.4, -0.2) is 37.0 Å². The number of nitrogens with one attached hydrogen (secondary N) is 1. The third-order valence-electron chi connectivity index (χ3n) is 3.59. The third-order valence-corrected chi connectivity index (χ3v) is 3.59. The van der Waals surface area contributed by atoms with E-state index in [9.17, 15) is 4.79 Å². The maximum atomic E-state index is 12.1. The zero-order chi connectivity index (χ0) is 11.4. The average Bonchev–Trinajstić information content (AvgIpc) is 2.27. The van der Waals surface area contributed by atoms with E-state index in [-0.39, 0.29) is 18.3 Å². The van der Waals surface area contributed by atoms with Gasteiger partial charge in [0, 0.05) is 19.0 Å².